The van der Waals surface area contributed by atoms with Crippen LogP contribution in [0.5, 0.6) is 5.75 Å². The molecule has 6 heteroatoms. The Hall–Kier alpha value is -2.11. The molecule has 0 atom stereocenters. The number of aromatic hydroxyl groups is 1. The number of hydrogen-bond donors (Lipinski definition) is 1. The smallest absolute Gasteiger partial charge is 0.338 e. The minimum atomic E-state index is -0.766. The molecule has 6 nitrogen and oxygen atoms in total. The van der Waals surface area contributed by atoms with Crippen LogP contribution in [-0.4, -0.2) is 22.6 Å². The van der Waals surface area contributed by atoms with E-state index in [2.05, 4.69) is 4.74 Å². The van der Waals surface area contributed by atoms with Gasteiger partial charge in [-0.1, -0.05) is 0 Å². The molecule has 15 heavy (non-hydrogen) atoms. The summed E-state index contributed by atoms with van der Waals surface area (Å²) in [5, 5.41) is 19.6. The van der Waals surface area contributed by atoms with Crippen LogP contribution in [0, 0.1) is 10.1 Å². The van der Waals surface area contributed by atoms with Gasteiger partial charge in [0, 0.05) is 6.07 Å². The van der Waals surface area contributed by atoms with Crippen LogP contribution in [0.4, 0.5) is 5.69 Å². The van der Waals surface area contributed by atoms with Gasteiger partial charge in [-0.25, -0.2) is 4.79 Å². The van der Waals surface area contributed by atoms with E-state index in [1.807, 2.05) is 0 Å². The number of nitrogens with zero attached hydrogens (tertiary/aromatic N) is 1. The summed E-state index contributed by atoms with van der Waals surface area (Å²) in [6.07, 6.45) is 0. The standard InChI is InChI=1S/C9H9NO5/c1-2-15-9(12)6-3-4-8(11)7(5-6)10(13)14/h3-5,11H,2H2,1H3. The Labute approximate surface area is 85.2 Å². The van der Waals surface area contributed by atoms with Crippen molar-refractivity contribution in [2.75, 3.05) is 6.61 Å². The number of esters is 1. The van der Waals surface area contributed by atoms with Crippen LogP contribution >= 0.6 is 0 Å². The molecule has 1 aromatic carbocycles. The lowest BCUT2D eigenvalue weighted by molar-refractivity contribution is -0.385. The van der Waals surface area contributed by atoms with Crippen molar-refractivity contribution in [2.24, 2.45) is 0 Å². The number of ether oxygens (including phenoxy) is 1. The second-order valence-electron chi connectivity index (χ2n) is 2.68. The predicted octanol–water partition coefficient (Wildman–Crippen LogP) is 1.48. The zero-order valence-electron chi connectivity index (χ0n) is 7.97. The summed E-state index contributed by atoms with van der Waals surface area (Å²) in [6.45, 7) is 1.82. The lowest BCUT2D eigenvalue weighted by Crippen LogP contribution is -2.05. The van der Waals surface area contributed by atoms with E-state index >= 15 is 0 Å². The van der Waals surface area contributed by atoms with Crippen molar-refractivity contribution in [3.8, 4) is 5.75 Å². The van der Waals surface area contributed by atoms with Crippen LogP contribution in [0.1, 0.15) is 17.3 Å². The maximum absolute atomic E-state index is 11.2. The van der Waals surface area contributed by atoms with E-state index in [1.54, 1.807) is 6.92 Å². The molecular formula is C9H9NO5. The molecule has 0 radical (unpaired) electrons. The Balaban J connectivity index is 3.07. The lowest BCUT2D eigenvalue weighted by atomic mass is 10.2. The highest BCUT2D eigenvalue weighted by Crippen LogP contribution is 2.26. The molecule has 0 spiro atoms. The number of nitro groups is 1. The number of carbonyl (C=O) groups is 1. The summed E-state index contributed by atoms with van der Waals surface area (Å²) in [6, 6.07) is 3.33. The summed E-state index contributed by atoms with van der Waals surface area (Å²) in [7, 11) is 0. The van der Waals surface area contributed by atoms with Crippen molar-refractivity contribution < 1.29 is 19.6 Å². The van der Waals surface area contributed by atoms with Crippen molar-refractivity contribution in [3.63, 3.8) is 0 Å². The number of phenols is 1. The number of hydrogen-bond acceptors (Lipinski definition) is 5. The fourth-order valence-corrected chi connectivity index (χ4v) is 1.01. The van der Waals surface area contributed by atoms with E-state index in [0.717, 1.165) is 12.1 Å². The molecule has 0 saturated heterocycles. The Bertz CT molecular complexity index is 401. The number of rotatable bonds is 3. The van der Waals surface area contributed by atoms with Crippen LogP contribution in [0.2, 0.25) is 0 Å². The largest absolute Gasteiger partial charge is 0.502 e. The molecule has 0 aliphatic carbocycles. The lowest BCUT2D eigenvalue weighted by Gasteiger charge is -2.01. The molecule has 0 aliphatic rings. The minimum Gasteiger partial charge on any atom is -0.502 e. The van der Waals surface area contributed by atoms with Gasteiger partial charge in [0.1, 0.15) is 0 Å². The maximum atomic E-state index is 11.2. The second kappa shape index (κ2) is 4.41. The van der Waals surface area contributed by atoms with Crippen molar-refractivity contribution in [3.05, 3.63) is 33.9 Å². The molecule has 0 aromatic heterocycles. The molecule has 0 amide bonds. The Morgan fingerprint density at radius 1 is 1.60 bits per heavy atom. The molecule has 0 heterocycles. The summed E-state index contributed by atoms with van der Waals surface area (Å²) >= 11 is 0. The van der Waals surface area contributed by atoms with Crippen molar-refractivity contribution in [2.45, 2.75) is 6.92 Å². The molecule has 1 rings (SSSR count). The highest BCUT2D eigenvalue weighted by atomic mass is 16.6. The molecule has 0 bridgehead atoms. The first-order valence-electron chi connectivity index (χ1n) is 4.20. The summed E-state index contributed by atoms with van der Waals surface area (Å²) < 4.78 is 4.66. The molecule has 1 N–H and O–H groups in total. The average Bonchev–Trinajstić information content (AvgIpc) is 2.18. The van der Waals surface area contributed by atoms with Gasteiger partial charge in [0.2, 0.25) is 0 Å². The third kappa shape index (κ3) is 2.43. The SMILES string of the molecule is CCOC(=O)c1ccc(O)c([N+](=O)[O-])c1. The first-order valence-corrected chi connectivity index (χ1v) is 4.20. The van der Waals surface area contributed by atoms with Crippen molar-refractivity contribution in [1.29, 1.82) is 0 Å². The van der Waals surface area contributed by atoms with Crippen LogP contribution in [-0.2, 0) is 4.74 Å². The number of carbonyl (C=O) groups excluding carboxylic acids is 1. The summed E-state index contributed by atoms with van der Waals surface area (Å²) in [5.41, 5.74) is -0.470. The van der Waals surface area contributed by atoms with Crippen molar-refractivity contribution in [1.82, 2.24) is 0 Å². The molecule has 0 saturated carbocycles. The van der Waals surface area contributed by atoms with Crippen LogP contribution in [0.15, 0.2) is 18.2 Å². The van der Waals surface area contributed by atoms with E-state index in [-0.39, 0.29) is 12.2 Å². The second-order valence-corrected chi connectivity index (χ2v) is 2.68. The van der Waals surface area contributed by atoms with Gasteiger partial charge >= 0.3 is 11.7 Å². The van der Waals surface area contributed by atoms with Gasteiger partial charge in [0.15, 0.2) is 5.75 Å². The number of phenolic OH excluding ortho intramolecular Hbond substituents is 1. The van der Waals surface area contributed by atoms with Crippen LogP contribution in [0.25, 0.3) is 0 Å². The molecular weight excluding hydrogens is 202 g/mol. The molecule has 80 valence electrons. The third-order valence-corrected chi connectivity index (χ3v) is 1.68. The van der Waals surface area contributed by atoms with Crippen LogP contribution in [0.3, 0.4) is 0 Å². The fourth-order valence-electron chi connectivity index (χ4n) is 1.01. The van der Waals surface area contributed by atoms with Crippen LogP contribution < -0.4 is 0 Å². The van der Waals surface area contributed by atoms with Gasteiger partial charge in [-0.2, -0.15) is 0 Å². The van der Waals surface area contributed by atoms with Gasteiger partial charge in [-0.05, 0) is 19.1 Å². The molecule has 0 aliphatic heterocycles. The molecule has 0 unspecified atom stereocenters. The first kappa shape index (κ1) is 11.0. The van der Waals surface area contributed by atoms with Gasteiger partial charge in [0.25, 0.3) is 0 Å². The van der Waals surface area contributed by atoms with Gasteiger partial charge < -0.3 is 9.84 Å². The fraction of sp³-hybridized carbons (Fsp3) is 0.222. The zero-order valence-corrected chi connectivity index (χ0v) is 7.97. The van der Waals surface area contributed by atoms with E-state index in [9.17, 15) is 14.9 Å². The number of nitro benzene ring substituents is 1. The predicted molar refractivity (Wildman–Crippen MR) is 50.7 cm³/mol. The Morgan fingerprint density at radius 2 is 2.27 bits per heavy atom. The topological polar surface area (TPSA) is 89.7 Å². The normalized spacial score (nSPS) is 9.67. The number of benzene rings is 1. The zero-order chi connectivity index (χ0) is 11.4. The highest BCUT2D eigenvalue weighted by Gasteiger charge is 2.17. The monoisotopic (exact) mass is 211 g/mol. The summed E-state index contributed by atoms with van der Waals surface area (Å²) in [5.74, 6) is -1.13. The van der Waals surface area contributed by atoms with Gasteiger partial charge in [0.05, 0.1) is 17.1 Å². The Kier molecular flexibility index (Phi) is 3.22. The van der Waals surface area contributed by atoms with Gasteiger partial charge in [-0.3, -0.25) is 10.1 Å². The van der Waals surface area contributed by atoms with E-state index in [1.165, 1.54) is 6.07 Å². The first-order chi connectivity index (χ1) is 7.06. The molecule has 1 aromatic rings. The minimum absolute atomic E-state index is 0.0429. The third-order valence-electron chi connectivity index (χ3n) is 1.68. The van der Waals surface area contributed by atoms with E-state index in [4.69, 9.17) is 5.11 Å². The quantitative estimate of drug-likeness (QED) is 0.464. The Morgan fingerprint density at radius 3 is 2.80 bits per heavy atom. The van der Waals surface area contributed by atoms with Crippen molar-refractivity contribution >= 4 is 11.7 Å². The van der Waals surface area contributed by atoms with E-state index in [0.29, 0.717) is 0 Å². The van der Waals surface area contributed by atoms with E-state index < -0.39 is 22.3 Å². The highest BCUT2D eigenvalue weighted by molar-refractivity contribution is 5.90. The average molecular weight is 211 g/mol. The summed E-state index contributed by atoms with van der Waals surface area (Å²) in [4.78, 5) is 20.9. The molecule has 0 fully saturated rings. The maximum Gasteiger partial charge on any atom is 0.338 e. The van der Waals surface area contributed by atoms with Gasteiger partial charge in [-0.15, -0.1) is 0 Å².